The molecule has 2 aliphatic rings. The molecule has 0 spiro atoms. The average molecular weight is 287 g/mol. The zero-order chi connectivity index (χ0) is 12.6. The van der Waals surface area contributed by atoms with Crippen molar-refractivity contribution in [3.63, 3.8) is 0 Å². The summed E-state index contributed by atoms with van der Waals surface area (Å²) >= 11 is 1.79. The van der Waals surface area contributed by atoms with E-state index in [1.54, 1.807) is 22.3 Å². The summed E-state index contributed by atoms with van der Waals surface area (Å²) in [4.78, 5) is 0. The molecule has 1 aromatic heterocycles. The Balaban J connectivity index is 1.68. The molecule has 100 valence electrons. The molecule has 1 aliphatic heterocycles. The molecule has 1 atom stereocenters. The molecule has 0 N–H and O–H groups in total. The SMILES string of the molecule is O=S(=O)(C1CC1)N1CCS[C@H](c2ccco2)CC1. The zero-order valence-electron chi connectivity index (χ0n) is 10.1. The fraction of sp³-hybridized carbons (Fsp3) is 0.667. The Labute approximate surface area is 112 Å². The van der Waals surface area contributed by atoms with Gasteiger partial charge in [0.05, 0.1) is 16.8 Å². The van der Waals surface area contributed by atoms with E-state index in [1.165, 1.54) is 0 Å². The molecule has 0 unspecified atom stereocenters. The lowest BCUT2D eigenvalue weighted by Gasteiger charge is -2.19. The van der Waals surface area contributed by atoms with Crippen molar-refractivity contribution in [1.82, 2.24) is 4.31 Å². The van der Waals surface area contributed by atoms with Gasteiger partial charge < -0.3 is 4.42 Å². The second-order valence-electron chi connectivity index (χ2n) is 4.81. The molecule has 6 heteroatoms. The molecular weight excluding hydrogens is 270 g/mol. The van der Waals surface area contributed by atoms with Crippen molar-refractivity contribution in [3.8, 4) is 0 Å². The standard InChI is InChI=1S/C12H17NO3S2/c14-18(15,10-3-4-10)13-6-5-12(17-9-7-13)11-2-1-8-16-11/h1-2,8,10,12H,3-7,9H2/t12-/m0/s1. The predicted molar refractivity (Wildman–Crippen MR) is 72.0 cm³/mol. The molecule has 2 fully saturated rings. The van der Waals surface area contributed by atoms with Crippen LogP contribution in [-0.2, 0) is 10.0 Å². The third-order valence-electron chi connectivity index (χ3n) is 3.47. The number of hydrogen-bond donors (Lipinski definition) is 0. The summed E-state index contributed by atoms with van der Waals surface area (Å²) < 4.78 is 31.5. The smallest absolute Gasteiger partial charge is 0.217 e. The van der Waals surface area contributed by atoms with Crippen molar-refractivity contribution in [3.05, 3.63) is 24.2 Å². The number of rotatable bonds is 3. The maximum Gasteiger partial charge on any atom is 0.217 e. The topological polar surface area (TPSA) is 50.5 Å². The first-order chi connectivity index (χ1) is 8.68. The minimum Gasteiger partial charge on any atom is -0.468 e. The quantitative estimate of drug-likeness (QED) is 0.855. The van der Waals surface area contributed by atoms with Crippen LogP contribution in [0.2, 0.25) is 0 Å². The van der Waals surface area contributed by atoms with Crippen LogP contribution in [0.3, 0.4) is 0 Å². The molecule has 3 rings (SSSR count). The minimum atomic E-state index is -3.02. The van der Waals surface area contributed by atoms with E-state index in [-0.39, 0.29) is 5.25 Å². The van der Waals surface area contributed by atoms with Crippen molar-refractivity contribution in [2.75, 3.05) is 18.8 Å². The number of sulfonamides is 1. The summed E-state index contributed by atoms with van der Waals surface area (Å²) in [6.45, 7) is 1.26. The van der Waals surface area contributed by atoms with Crippen molar-refractivity contribution < 1.29 is 12.8 Å². The van der Waals surface area contributed by atoms with Gasteiger partial charge >= 0.3 is 0 Å². The highest BCUT2D eigenvalue weighted by atomic mass is 32.2. The molecule has 1 aromatic rings. The molecule has 0 radical (unpaired) electrons. The fourth-order valence-corrected chi connectivity index (χ4v) is 5.44. The van der Waals surface area contributed by atoms with Crippen LogP contribution in [-0.4, -0.2) is 36.8 Å². The van der Waals surface area contributed by atoms with E-state index in [0.29, 0.717) is 18.3 Å². The van der Waals surface area contributed by atoms with E-state index < -0.39 is 10.0 Å². The summed E-state index contributed by atoms with van der Waals surface area (Å²) in [7, 11) is -3.02. The van der Waals surface area contributed by atoms with E-state index in [1.807, 2.05) is 12.1 Å². The van der Waals surface area contributed by atoms with Crippen LogP contribution in [0.1, 0.15) is 30.3 Å². The molecule has 4 nitrogen and oxygen atoms in total. The number of furan rings is 1. The van der Waals surface area contributed by atoms with Crippen molar-refractivity contribution >= 4 is 21.8 Å². The summed E-state index contributed by atoms with van der Waals surface area (Å²) in [6, 6.07) is 3.86. The van der Waals surface area contributed by atoms with E-state index in [2.05, 4.69) is 0 Å². The number of hydrogen-bond acceptors (Lipinski definition) is 4. The minimum absolute atomic E-state index is 0.0948. The lowest BCUT2D eigenvalue weighted by atomic mass is 10.2. The second kappa shape index (κ2) is 4.90. The summed E-state index contributed by atoms with van der Waals surface area (Å²) in [5, 5.41) is 0.196. The maximum atomic E-state index is 12.2. The molecule has 0 bridgehead atoms. The van der Waals surface area contributed by atoms with Crippen LogP contribution in [0.15, 0.2) is 22.8 Å². The fourth-order valence-electron chi connectivity index (χ4n) is 2.28. The highest BCUT2D eigenvalue weighted by molar-refractivity contribution is 7.99. The van der Waals surface area contributed by atoms with Crippen LogP contribution >= 0.6 is 11.8 Å². The lowest BCUT2D eigenvalue weighted by Crippen LogP contribution is -2.35. The maximum absolute atomic E-state index is 12.2. The third kappa shape index (κ3) is 2.46. The zero-order valence-corrected chi connectivity index (χ0v) is 11.8. The second-order valence-corrected chi connectivity index (χ2v) is 8.33. The van der Waals surface area contributed by atoms with Crippen molar-refractivity contribution in [2.24, 2.45) is 0 Å². The first-order valence-corrected chi connectivity index (χ1v) is 8.87. The van der Waals surface area contributed by atoms with Crippen molar-refractivity contribution in [2.45, 2.75) is 29.8 Å². The van der Waals surface area contributed by atoms with Gasteiger partial charge in [0.2, 0.25) is 10.0 Å². The third-order valence-corrected chi connectivity index (χ3v) is 7.15. The van der Waals surface area contributed by atoms with E-state index >= 15 is 0 Å². The van der Waals surface area contributed by atoms with Crippen LogP contribution in [0.5, 0.6) is 0 Å². The van der Waals surface area contributed by atoms with Crippen molar-refractivity contribution in [1.29, 1.82) is 0 Å². The highest BCUT2D eigenvalue weighted by Gasteiger charge is 2.40. The van der Waals surface area contributed by atoms with Gasteiger partial charge in [0.15, 0.2) is 0 Å². The number of thioether (sulfide) groups is 1. The van der Waals surface area contributed by atoms with Gasteiger partial charge in [-0.2, -0.15) is 0 Å². The molecular formula is C12H17NO3S2. The number of nitrogens with zero attached hydrogens (tertiary/aromatic N) is 1. The Morgan fingerprint density at radius 2 is 2.11 bits per heavy atom. The van der Waals surface area contributed by atoms with Crippen LogP contribution < -0.4 is 0 Å². The lowest BCUT2D eigenvalue weighted by molar-refractivity contribution is 0.416. The Morgan fingerprint density at radius 3 is 2.78 bits per heavy atom. The van der Waals surface area contributed by atoms with E-state index in [4.69, 9.17) is 4.42 Å². The molecule has 1 saturated carbocycles. The largest absolute Gasteiger partial charge is 0.468 e. The Morgan fingerprint density at radius 1 is 1.28 bits per heavy atom. The summed E-state index contributed by atoms with van der Waals surface area (Å²) in [5.41, 5.74) is 0. The van der Waals surface area contributed by atoms with Gasteiger partial charge in [-0.15, -0.1) is 11.8 Å². The Kier molecular flexibility index (Phi) is 3.42. The average Bonchev–Trinajstić information content (AvgIpc) is 3.13. The van der Waals surface area contributed by atoms with Crippen LogP contribution in [0, 0.1) is 0 Å². The van der Waals surface area contributed by atoms with Gasteiger partial charge in [-0.25, -0.2) is 12.7 Å². The van der Waals surface area contributed by atoms with Gasteiger partial charge in [-0.3, -0.25) is 0 Å². The van der Waals surface area contributed by atoms with Gasteiger partial charge in [0, 0.05) is 18.8 Å². The monoisotopic (exact) mass is 287 g/mol. The molecule has 0 amide bonds. The summed E-state index contributed by atoms with van der Waals surface area (Å²) in [5.74, 6) is 1.81. The van der Waals surface area contributed by atoms with Crippen LogP contribution in [0.25, 0.3) is 0 Å². The predicted octanol–water partition coefficient (Wildman–Crippen LogP) is 2.25. The summed E-state index contributed by atoms with van der Waals surface area (Å²) in [6.07, 6.45) is 4.20. The first-order valence-electron chi connectivity index (χ1n) is 6.32. The van der Waals surface area contributed by atoms with Crippen LogP contribution in [0.4, 0.5) is 0 Å². The molecule has 18 heavy (non-hydrogen) atoms. The van der Waals surface area contributed by atoms with E-state index in [9.17, 15) is 8.42 Å². The van der Waals surface area contributed by atoms with Gasteiger partial charge in [-0.05, 0) is 31.4 Å². The Bertz CT molecular complexity index is 493. The van der Waals surface area contributed by atoms with Gasteiger partial charge in [0.25, 0.3) is 0 Å². The van der Waals surface area contributed by atoms with E-state index in [0.717, 1.165) is 30.8 Å². The molecule has 2 heterocycles. The van der Waals surface area contributed by atoms with Gasteiger partial charge in [0.1, 0.15) is 5.76 Å². The Hall–Kier alpha value is -0.460. The first kappa shape index (κ1) is 12.6. The normalized spacial score (nSPS) is 27.0. The van der Waals surface area contributed by atoms with Gasteiger partial charge in [-0.1, -0.05) is 0 Å². The molecule has 0 aromatic carbocycles. The molecule has 1 aliphatic carbocycles. The molecule has 1 saturated heterocycles. The highest BCUT2D eigenvalue weighted by Crippen LogP contribution is 2.37.